The molecular weight excluding hydrogens is 436 g/mol. The largest absolute Gasteiger partial charge is 0.457 e. The summed E-state index contributed by atoms with van der Waals surface area (Å²) in [5.74, 6) is -0.762. The molecule has 2 heterocycles. The number of likely N-dealkylation sites (tertiary alicyclic amines) is 1. The lowest BCUT2D eigenvalue weighted by Crippen LogP contribution is -2.32. The summed E-state index contributed by atoms with van der Waals surface area (Å²) < 4.78 is 7.12. The van der Waals surface area contributed by atoms with Crippen LogP contribution < -0.4 is 20.1 Å². The van der Waals surface area contributed by atoms with Gasteiger partial charge in [-0.2, -0.15) is 5.26 Å². The Labute approximate surface area is 197 Å². The van der Waals surface area contributed by atoms with Gasteiger partial charge in [0, 0.05) is 18.4 Å². The Bertz CT molecular complexity index is 1200. The van der Waals surface area contributed by atoms with E-state index in [1.54, 1.807) is 13.1 Å². The van der Waals surface area contributed by atoms with Crippen molar-refractivity contribution in [2.45, 2.75) is 39.2 Å². The van der Waals surface area contributed by atoms with Crippen molar-refractivity contribution in [3.63, 3.8) is 0 Å². The number of aryl methyl sites for hydroxylation is 1. The van der Waals surface area contributed by atoms with Crippen molar-refractivity contribution >= 4 is 34.8 Å². The fraction of sp³-hybridized carbons (Fsp3) is 0.400. The molecule has 1 aliphatic rings. The summed E-state index contributed by atoms with van der Waals surface area (Å²) in [6, 6.07) is 10.0. The highest BCUT2D eigenvalue weighted by atomic mass is 32.1. The van der Waals surface area contributed by atoms with Crippen LogP contribution in [0.1, 0.15) is 31.7 Å². The third-order valence-corrected chi connectivity index (χ3v) is 6.65. The number of aromatic nitrogens is 1. The van der Waals surface area contributed by atoms with Crippen LogP contribution in [0.15, 0.2) is 41.7 Å². The lowest BCUT2D eigenvalue weighted by atomic mass is 10.1. The van der Waals surface area contributed by atoms with Gasteiger partial charge in [0.2, 0.25) is 0 Å². The van der Waals surface area contributed by atoms with Gasteiger partial charge < -0.3 is 15.0 Å². The van der Waals surface area contributed by atoms with E-state index in [1.165, 1.54) is 42.1 Å². The second-order valence-corrected chi connectivity index (χ2v) is 8.87. The lowest BCUT2D eigenvalue weighted by molar-refractivity contribution is -0.135. The van der Waals surface area contributed by atoms with E-state index in [4.69, 9.17) is 4.74 Å². The number of hydrogen-bond donors (Lipinski definition) is 1. The van der Waals surface area contributed by atoms with Crippen molar-refractivity contribution in [3.05, 3.63) is 62.0 Å². The quantitative estimate of drug-likeness (QED) is 0.427. The predicted molar refractivity (Wildman–Crippen MR) is 132 cm³/mol. The summed E-state index contributed by atoms with van der Waals surface area (Å²) in [4.78, 5) is 27.6. The van der Waals surface area contributed by atoms with Gasteiger partial charge in [-0.1, -0.05) is 24.8 Å². The molecule has 0 spiro atoms. The molecule has 174 valence electrons. The molecule has 0 saturated carbocycles. The smallest absolute Gasteiger partial charge is 0.352 e. The van der Waals surface area contributed by atoms with Crippen LogP contribution >= 0.6 is 11.3 Å². The van der Waals surface area contributed by atoms with Crippen molar-refractivity contribution in [2.75, 3.05) is 31.6 Å². The Morgan fingerprint density at radius 2 is 2.15 bits per heavy atom. The molecule has 1 aromatic heterocycles. The highest BCUT2D eigenvalue weighted by Gasteiger charge is 2.16. The maximum atomic E-state index is 12.8. The van der Waals surface area contributed by atoms with Gasteiger partial charge in [-0.05, 0) is 69.9 Å². The van der Waals surface area contributed by atoms with Crippen molar-refractivity contribution in [3.8, 4) is 6.07 Å². The number of nitrogens with zero attached hydrogens (tertiary/aromatic N) is 3. The van der Waals surface area contributed by atoms with Crippen LogP contribution in [0.5, 0.6) is 0 Å². The number of esters is 1. The molecule has 1 aliphatic heterocycles. The average molecular weight is 467 g/mol. The van der Waals surface area contributed by atoms with E-state index in [0.717, 1.165) is 36.4 Å². The molecule has 0 amide bonds. The molecule has 1 aromatic carbocycles. The van der Waals surface area contributed by atoms with E-state index in [1.807, 2.05) is 18.2 Å². The normalized spacial score (nSPS) is 15.2. The van der Waals surface area contributed by atoms with Gasteiger partial charge in [0.05, 0.1) is 0 Å². The molecule has 1 fully saturated rings. The number of rotatable bonds is 10. The van der Waals surface area contributed by atoms with Gasteiger partial charge in [-0.3, -0.25) is 9.36 Å². The van der Waals surface area contributed by atoms with Gasteiger partial charge in [0.15, 0.2) is 5.57 Å². The zero-order chi connectivity index (χ0) is 23.6. The predicted octanol–water partition coefficient (Wildman–Crippen LogP) is 2.21. The molecule has 1 N–H and O–H groups in total. The second kappa shape index (κ2) is 12.2. The summed E-state index contributed by atoms with van der Waals surface area (Å²) in [6.45, 7) is 9.19. The number of carbonyl (C=O) groups excluding carboxylic acids is 1. The molecule has 0 unspecified atom stereocenters. The third kappa shape index (κ3) is 6.44. The highest BCUT2D eigenvalue weighted by molar-refractivity contribution is 7.07. The SMILES string of the molecule is C=CCOC(=O)C(C#N)=c1sc(=CNc2cccc(CCCN3CCCC3)c2)c(=O)n1CC. The number of benzene rings is 1. The van der Waals surface area contributed by atoms with E-state index in [2.05, 4.69) is 28.9 Å². The van der Waals surface area contributed by atoms with Crippen molar-refractivity contribution < 1.29 is 9.53 Å². The fourth-order valence-electron chi connectivity index (χ4n) is 3.86. The maximum absolute atomic E-state index is 12.8. The van der Waals surface area contributed by atoms with Gasteiger partial charge in [0.1, 0.15) is 21.9 Å². The van der Waals surface area contributed by atoms with Crippen LogP contribution in [0, 0.1) is 11.3 Å². The summed E-state index contributed by atoms with van der Waals surface area (Å²) in [6.07, 6.45) is 7.81. The monoisotopic (exact) mass is 466 g/mol. The summed E-state index contributed by atoms with van der Waals surface area (Å²) in [7, 11) is 0. The van der Waals surface area contributed by atoms with Crippen LogP contribution in [0.2, 0.25) is 0 Å². The molecule has 0 radical (unpaired) electrons. The first-order valence-corrected chi connectivity index (χ1v) is 12.1. The van der Waals surface area contributed by atoms with Crippen molar-refractivity contribution in [1.29, 1.82) is 5.26 Å². The Morgan fingerprint density at radius 1 is 1.36 bits per heavy atom. The minimum atomic E-state index is -0.762. The minimum absolute atomic E-state index is 0.000650. The lowest BCUT2D eigenvalue weighted by Gasteiger charge is -2.14. The molecule has 0 aliphatic carbocycles. The topological polar surface area (TPSA) is 87.4 Å². The van der Waals surface area contributed by atoms with Crippen molar-refractivity contribution in [1.82, 2.24) is 9.47 Å². The van der Waals surface area contributed by atoms with E-state index < -0.39 is 5.97 Å². The summed E-state index contributed by atoms with van der Waals surface area (Å²) in [5, 5.41) is 12.7. The van der Waals surface area contributed by atoms with E-state index in [-0.39, 0.29) is 17.7 Å². The first kappa shape index (κ1) is 24.5. The molecular formula is C25H30N4O3S. The Balaban J connectivity index is 1.79. The summed E-state index contributed by atoms with van der Waals surface area (Å²) in [5.41, 5.74) is 1.70. The standard InChI is InChI=1S/C25H30N4O3S/c1-3-15-32-25(31)21(17-26)24-29(4-2)23(30)22(33-24)18-27-20-11-7-9-19(16-20)10-8-14-28-12-5-6-13-28/h3,7,9,11,16,18,27H,1,4-6,8,10,12-15H2,2H3. The average Bonchev–Trinajstić information content (AvgIpc) is 3.45. The van der Waals surface area contributed by atoms with Crippen LogP contribution in [0.3, 0.4) is 0 Å². The zero-order valence-corrected chi connectivity index (χ0v) is 19.8. The van der Waals surface area contributed by atoms with Gasteiger partial charge in [-0.15, -0.1) is 11.3 Å². The Kier molecular flexibility index (Phi) is 9.04. The number of anilines is 1. The van der Waals surface area contributed by atoms with Crippen LogP contribution in [0.25, 0.3) is 11.8 Å². The molecule has 8 heteroatoms. The van der Waals surface area contributed by atoms with Crippen LogP contribution in [-0.4, -0.2) is 41.7 Å². The third-order valence-electron chi connectivity index (χ3n) is 5.52. The van der Waals surface area contributed by atoms with Crippen molar-refractivity contribution in [2.24, 2.45) is 0 Å². The molecule has 2 aromatic rings. The fourth-order valence-corrected chi connectivity index (χ4v) is 4.94. The molecule has 3 rings (SSSR count). The number of nitrogens with one attached hydrogen (secondary N) is 1. The molecule has 0 atom stereocenters. The Hall–Kier alpha value is -3.15. The molecule has 7 nitrogen and oxygen atoms in total. The highest BCUT2D eigenvalue weighted by Crippen LogP contribution is 2.14. The van der Waals surface area contributed by atoms with Gasteiger partial charge >= 0.3 is 5.97 Å². The molecule has 1 saturated heterocycles. The van der Waals surface area contributed by atoms with Gasteiger partial charge in [0.25, 0.3) is 5.56 Å². The number of carbonyl (C=O) groups is 1. The maximum Gasteiger partial charge on any atom is 0.352 e. The molecule has 33 heavy (non-hydrogen) atoms. The first-order valence-electron chi connectivity index (χ1n) is 11.3. The summed E-state index contributed by atoms with van der Waals surface area (Å²) >= 11 is 1.10. The zero-order valence-electron chi connectivity index (χ0n) is 19.0. The Morgan fingerprint density at radius 3 is 2.85 bits per heavy atom. The van der Waals surface area contributed by atoms with Crippen LogP contribution in [-0.2, 0) is 22.5 Å². The van der Waals surface area contributed by atoms with E-state index >= 15 is 0 Å². The van der Waals surface area contributed by atoms with E-state index in [9.17, 15) is 14.9 Å². The number of hydrogen-bond acceptors (Lipinski definition) is 7. The van der Waals surface area contributed by atoms with Gasteiger partial charge in [-0.25, -0.2) is 4.79 Å². The number of ether oxygens (including phenoxy) is 1. The van der Waals surface area contributed by atoms with E-state index in [0.29, 0.717) is 15.7 Å². The first-order chi connectivity index (χ1) is 16.1. The second-order valence-electron chi connectivity index (χ2n) is 7.84. The molecule has 0 bridgehead atoms. The number of thiazole rings is 1. The number of nitriles is 1. The van der Waals surface area contributed by atoms with Crippen LogP contribution in [0.4, 0.5) is 5.69 Å². The minimum Gasteiger partial charge on any atom is -0.457 e.